The van der Waals surface area contributed by atoms with Gasteiger partial charge in [-0.2, -0.15) is 5.10 Å². The van der Waals surface area contributed by atoms with Crippen molar-refractivity contribution in [2.75, 3.05) is 6.61 Å². The average Bonchev–Trinajstić information content (AvgIpc) is 2.28. The van der Waals surface area contributed by atoms with E-state index in [4.69, 9.17) is 4.74 Å². The standard InChI is InChI=1S/C11H8N2O2/c14-11-7-9(8-12-13-11)4-5-10-3-1-2-6-15-10/h1-3,7-8H,6H2,(H,13,14). The van der Waals surface area contributed by atoms with Gasteiger partial charge in [-0.15, -0.1) is 0 Å². The number of allylic oxidation sites excluding steroid dienone is 3. The fourth-order valence-corrected chi connectivity index (χ4v) is 1.05. The third kappa shape index (κ3) is 2.58. The predicted molar refractivity (Wildman–Crippen MR) is 54.9 cm³/mol. The molecule has 0 spiro atoms. The van der Waals surface area contributed by atoms with Crippen LogP contribution in [0.3, 0.4) is 0 Å². The minimum atomic E-state index is -0.264. The summed E-state index contributed by atoms with van der Waals surface area (Å²) in [4.78, 5) is 10.9. The van der Waals surface area contributed by atoms with Gasteiger partial charge >= 0.3 is 0 Å². The van der Waals surface area contributed by atoms with E-state index in [-0.39, 0.29) is 5.56 Å². The number of aromatic nitrogens is 2. The van der Waals surface area contributed by atoms with E-state index in [1.54, 1.807) is 6.08 Å². The van der Waals surface area contributed by atoms with E-state index in [1.807, 2.05) is 12.2 Å². The topological polar surface area (TPSA) is 55.0 Å². The Hall–Kier alpha value is -2.28. The van der Waals surface area contributed by atoms with Crippen LogP contribution in [-0.4, -0.2) is 16.8 Å². The van der Waals surface area contributed by atoms with Crippen molar-refractivity contribution in [2.45, 2.75) is 0 Å². The molecule has 0 bridgehead atoms. The zero-order valence-electron chi connectivity index (χ0n) is 7.86. The van der Waals surface area contributed by atoms with E-state index in [1.165, 1.54) is 12.3 Å². The van der Waals surface area contributed by atoms with Crippen LogP contribution in [0.4, 0.5) is 0 Å². The van der Waals surface area contributed by atoms with Crippen molar-refractivity contribution in [3.63, 3.8) is 0 Å². The molecule has 0 unspecified atom stereocenters. The third-order valence-corrected chi connectivity index (χ3v) is 1.71. The van der Waals surface area contributed by atoms with Crippen molar-refractivity contribution in [1.29, 1.82) is 0 Å². The number of nitrogens with one attached hydrogen (secondary N) is 1. The summed E-state index contributed by atoms with van der Waals surface area (Å²) in [5.41, 5.74) is 0.304. The molecule has 15 heavy (non-hydrogen) atoms. The highest BCUT2D eigenvalue weighted by Crippen LogP contribution is 2.02. The molecule has 1 N–H and O–H groups in total. The highest BCUT2D eigenvalue weighted by molar-refractivity contribution is 5.38. The first-order valence-corrected chi connectivity index (χ1v) is 4.41. The molecule has 1 aliphatic heterocycles. The van der Waals surface area contributed by atoms with Gasteiger partial charge in [0.1, 0.15) is 6.61 Å². The summed E-state index contributed by atoms with van der Waals surface area (Å²) in [6.07, 6.45) is 7.04. The lowest BCUT2D eigenvalue weighted by molar-refractivity contribution is 0.261. The van der Waals surface area contributed by atoms with Crippen molar-refractivity contribution < 1.29 is 4.74 Å². The Labute approximate surface area is 86.3 Å². The minimum Gasteiger partial charge on any atom is -0.481 e. The van der Waals surface area contributed by atoms with Gasteiger partial charge in [-0.05, 0) is 18.1 Å². The highest BCUT2D eigenvalue weighted by atomic mass is 16.5. The molecular formula is C11H8N2O2. The Morgan fingerprint density at radius 2 is 2.40 bits per heavy atom. The van der Waals surface area contributed by atoms with E-state index >= 15 is 0 Å². The summed E-state index contributed by atoms with van der Waals surface area (Å²) in [5.74, 6) is 6.20. The summed E-state index contributed by atoms with van der Waals surface area (Å²) < 4.78 is 5.22. The molecule has 1 aliphatic rings. The maximum Gasteiger partial charge on any atom is 0.265 e. The Kier molecular flexibility index (Phi) is 2.65. The molecular weight excluding hydrogens is 192 g/mol. The van der Waals surface area contributed by atoms with Crippen LogP contribution in [0.25, 0.3) is 0 Å². The molecule has 0 radical (unpaired) electrons. The molecule has 0 amide bonds. The zero-order valence-corrected chi connectivity index (χ0v) is 7.86. The molecule has 0 aromatic carbocycles. The van der Waals surface area contributed by atoms with E-state index < -0.39 is 0 Å². The zero-order chi connectivity index (χ0) is 10.5. The van der Waals surface area contributed by atoms with Crippen molar-refractivity contribution in [1.82, 2.24) is 10.2 Å². The van der Waals surface area contributed by atoms with Gasteiger partial charge in [-0.3, -0.25) is 4.79 Å². The van der Waals surface area contributed by atoms with Crippen LogP contribution < -0.4 is 5.56 Å². The Bertz CT molecular complexity index is 529. The van der Waals surface area contributed by atoms with E-state index in [2.05, 4.69) is 22.0 Å². The quantitative estimate of drug-likeness (QED) is 0.623. The smallest absolute Gasteiger partial charge is 0.265 e. The second-order valence-corrected chi connectivity index (χ2v) is 2.85. The van der Waals surface area contributed by atoms with Crippen LogP contribution in [0.15, 0.2) is 41.0 Å². The summed E-state index contributed by atoms with van der Waals surface area (Å²) in [5, 5.41) is 5.91. The molecule has 0 saturated carbocycles. The van der Waals surface area contributed by atoms with Crippen LogP contribution in [0.5, 0.6) is 0 Å². The second kappa shape index (κ2) is 4.29. The van der Waals surface area contributed by atoms with Crippen molar-refractivity contribution in [3.05, 3.63) is 52.2 Å². The number of rotatable bonds is 0. The molecule has 2 rings (SSSR count). The first kappa shape index (κ1) is 9.28. The molecule has 1 aromatic heterocycles. The number of nitrogens with zero attached hydrogens (tertiary/aromatic N) is 1. The van der Waals surface area contributed by atoms with Gasteiger partial charge in [0.2, 0.25) is 0 Å². The summed E-state index contributed by atoms with van der Waals surface area (Å²) in [7, 11) is 0. The molecule has 1 aromatic rings. The number of hydrogen-bond acceptors (Lipinski definition) is 3. The summed E-state index contributed by atoms with van der Waals surface area (Å²) in [6.45, 7) is 0.536. The van der Waals surface area contributed by atoms with E-state index in [0.717, 1.165) is 0 Å². The predicted octanol–water partition coefficient (Wildman–Crippen LogP) is 0.592. The van der Waals surface area contributed by atoms with Crippen molar-refractivity contribution >= 4 is 0 Å². The Morgan fingerprint density at radius 1 is 1.47 bits per heavy atom. The van der Waals surface area contributed by atoms with E-state index in [9.17, 15) is 4.79 Å². The van der Waals surface area contributed by atoms with Crippen LogP contribution in [0, 0.1) is 11.8 Å². The summed E-state index contributed by atoms with van der Waals surface area (Å²) >= 11 is 0. The maximum absolute atomic E-state index is 10.9. The van der Waals surface area contributed by atoms with Crippen molar-refractivity contribution in [3.8, 4) is 11.8 Å². The Balaban J connectivity index is 2.21. The molecule has 74 valence electrons. The van der Waals surface area contributed by atoms with Gasteiger partial charge in [0.05, 0.1) is 11.8 Å². The normalized spacial score (nSPS) is 13.5. The van der Waals surface area contributed by atoms with Gasteiger partial charge < -0.3 is 4.74 Å². The van der Waals surface area contributed by atoms with Gasteiger partial charge in [0.25, 0.3) is 5.56 Å². The van der Waals surface area contributed by atoms with Gasteiger partial charge in [0, 0.05) is 6.07 Å². The minimum absolute atomic E-state index is 0.264. The molecule has 0 fully saturated rings. The van der Waals surface area contributed by atoms with Crippen molar-refractivity contribution in [2.24, 2.45) is 0 Å². The Morgan fingerprint density at radius 3 is 3.13 bits per heavy atom. The van der Waals surface area contributed by atoms with Crippen LogP contribution in [-0.2, 0) is 4.74 Å². The van der Waals surface area contributed by atoms with Crippen LogP contribution in [0.1, 0.15) is 5.56 Å². The number of aromatic amines is 1. The summed E-state index contributed by atoms with van der Waals surface area (Å²) in [6, 6.07) is 1.39. The lowest BCUT2D eigenvalue weighted by Gasteiger charge is -2.03. The molecule has 2 heterocycles. The van der Waals surface area contributed by atoms with Gasteiger partial charge in [0.15, 0.2) is 5.76 Å². The molecule has 0 saturated heterocycles. The fourth-order valence-electron chi connectivity index (χ4n) is 1.05. The molecule has 4 heteroatoms. The van der Waals surface area contributed by atoms with Crippen LogP contribution >= 0.6 is 0 Å². The third-order valence-electron chi connectivity index (χ3n) is 1.71. The van der Waals surface area contributed by atoms with Crippen LogP contribution in [0.2, 0.25) is 0 Å². The second-order valence-electron chi connectivity index (χ2n) is 2.85. The highest BCUT2D eigenvalue weighted by Gasteiger charge is 1.94. The number of hydrogen-bond donors (Lipinski definition) is 1. The lowest BCUT2D eigenvalue weighted by atomic mass is 10.3. The largest absolute Gasteiger partial charge is 0.481 e. The van der Waals surface area contributed by atoms with E-state index in [0.29, 0.717) is 17.9 Å². The molecule has 0 atom stereocenters. The lowest BCUT2D eigenvalue weighted by Crippen LogP contribution is -2.05. The molecule has 0 aliphatic carbocycles. The first-order valence-electron chi connectivity index (χ1n) is 4.41. The average molecular weight is 200 g/mol. The number of H-pyrrole nitrogens is 1. The molecule has 4 nitrogen and oxygen atoms in total. The monoisotopic (exact) mass is 200 g/mol. The fraction of sp³-hybridized carbons (Fsp3) is 0.0909. The SMILES string of the molecule is O=c1cc(C#CC2=CC=CCO2)cn[nH]1. The first-order chi connectivity index (χ1) is 7.34. The number of ether oxygens (including phenoxy) is 1. The van der Waals surface area contributed by atoms with Gasteiger partial charge in [-0.25, -0.2) is 5.10 Å². The van der Waals surface area contributed by atoms with Gasteiger partial charge in [-0.1, -0.05) is 12.0 Å². The maximum atomic E-state index is 10.9.